The van der Waals surface area contributed by atoms with Crippen LogP contribution in [-0.4, -0.2) is 25.2 Å². The van der Waals surface area contributed by atoms with Gasteiger partial charge in [-0.3, -0.25) is 10.1 Å². The van der Waals surface area contributed by atoms with Crippen molar-refractivity contribution >= 4 is 5.91 Å². The highest BCUT2D eigenvalue weighted by Gasteiger charge is 2.39. The number of hydrogen-bond donors (Lipinski definition) is 2. The molecule has 0 fully saturated rings. The van der Waals surface area contributed by atoms with Crippen molar-refractivity contribution in [2.45, 2.75) is 25.6 Å². The smallest absolute Gasteiger partial charge is 0.401 e. The van der Waals surface area contributed by atoms with Crippen LogP contribution in [-0.2, 0) is 10.3 Å². The molecule has 0 aliphatic rings. The fraction of sp³-hybridized carbons (Fsp3) is 0.462. The van der Waals surface area contributed by atoms with E-state index in [9.17, 15) is 18.0 Å². The Bertz CT molecular complexity index is 477. The van der Waals surface area contributed by atoms with Crippen LogP contribution in [0.4, 0.5) is 13.2 Å². The normalized spacial score (nSPS) is 14.7. The molecular formula is C13H17F3N2O2. The second-order valence-electron chi connectivity index (χ2n) is 4.39. The number of alkyl halides is 3. The molecule has 1 rings (SSSR count). The Kier molecular flexibility index (Phi) is 4.99. The van der Waals surface area contributed by atoms with Gasteiger partial charge < -0.3 is 10.5 Å². The predicted octanol–water partition coefficient (Wildman–Crippen LogP) is 1.94. The SMILES string of the molecule is CCOc1ccccc1C(C)(NCC(F)(F)F)C(N)=O. The summed E-state index contributed by atoms with van der Waals surface area (Å²) in [5.41, 5.74) is 3.88. The van der Waals surface area contributed by atoms with Crippen LogP contribution < -0.4 is 15.8 Å². The van der Waals surface area contributed by atoms with Crippen LogP contribution in [0.1, 0.15) is 19.4 Å². The molecule has 112 valence electrons. The van der Waals surface area contributed by atoms with Crippen LogP contribution in [0.15, 0.2) is 24.3 Å². The van der Waals surface area contributed by atoms with Crippen LogP contribution in [0.3, 0.4) is 0 Å². The first kappa shape index (κ1) is 16.3. The van der Waals surface area contributed by atoms with Gasteiger partial charge >= 0.3 is 6.18 Å². The number of nitrogens with one attached hydrogen (secondary N) is 1. The lowest BCUT2D eigenvalue weighted by atomic mass is 9.90. The summed E-state index contributed by atoms with van der Waals surface area (Å²) in [5, 5.41) is 2.17. The Morgan fingerprint density at radius 1 is 1.35 bits per heavy atom. The van der Waals surface area contributed by atoms with Gasteiger partial charge in [0.25, 0.3) is 0 Å². The minimum Gasteiger partial charge on any atom is -0.494 e. The van der Waals surface area contributed by atoms with Crippen molar-refractivity contribution in [1.82, 2.24) is 5.32 Å². The summed E-state index contributed by atoms with van der Waals surface area (Å²) in [5.74, 6) is -0.583. The lowest BCUT2D eigenvalue weighted by Gasteiger charge is -2.30. The predicted molar refractivity (Wildman–Crippen MR) is 68.2 cm³/mol. The summed E-state index contributed by atoms with van der Waals surface area (Å²) in [6, 6.07) is 6.36. The number of rotatable bonds is 6. The molecule has 0 aliphatic heterocycles. The highest BCUT2D eigenvalue weighted by atomic mass is 19.4. The van der Waals surface area contributed by atoms with Gasteiger partial charge in [-0.05, 0) is 19.9 Å². The maximum Gasteiger partial charge on any atom is 0.401 e. The van der Waals surface area contributed by atoms with Gasteiger partial charge in [-0.1, -0.05) is 18.2 Å². The Balaban J connectivity index is 3.16. The molecule has 0 spiro atoms. The average Bonchev–Trinajstić information content (AvgIpc) is 2.36. The molecule has 0 aromatic heterocycles. The number of benzene rings is 1. The number of amides is 1. The van der Waals surface area contributed by atoms with Crippen molar-refractivity contribution in [3.63, 3.8) is 0 Å². The lowest BCUT2D eigenvalue weighted by molar-refractivity contribution is -0.135. The van der Waals surface area contributed by atoms with E-state index < -0.39 is 24.2 Å². The first-order chi connectivity index (χ1) is 9.20. The molecule has 20 heavy (non-hydrogen) atoms. The molecule has 0 aliphatic carbocycles. The van der Waals surface area contributed by atoms with E-state index in [2.05, 4.69) is 5.32 Å². The number of primary amides is 1. The number of carbonyl (C=O) groups excluding carboxylic acids is 1. The van der Waals surface area contributed by atoms with E-state index in [1.807, 2.05) is 0 Å². The van der Waals surface area contributed by atoms with Crippen molar-refractivity contribution in [3.05, 3.63) is 29.8 Å². The van der Waals surface area contributed by atoms with E-state index >= 15 is 0 Å². The summed E-state index contributed by atoms with van der Waals surface area (Å²) in [6.07, 6.45) is -4.45. The fourth-order valence-corrected chi connectivity index (χ4v) is 1.75. The topological polar surface area (TPSA) is 64.3 Å². The molecule has 7 heteroatoms. The minimum atomic E-state index is -4.45. The van der Waals surface area contributed by atoms with Crippen molar-refractivity contribution in [1.29, 1.82) is 0 Å². The molecule has 1 aromatic rings. The highest BCUT2D eigenvalue weighted by Crippen LogP contribution is 2.30. The van der Waals surface area contributed by atoms with Crippen LogP contribution in [0, 0.1) is 0 Å². The third kappa shape index (κ3) is 3.86. The Morgan fingerprint density at radius 3 is 2.45 bits per heavy atom. The molecule has 0 saturated heterocycles. The molecule has 1 amide bonds. The van der Waals surface area contributed by atoms with Gasteiger partial charge in [0.2, 0.25) is 5.91 Å². The van der Waals surface area contributed by atoms with E-state index in [0.29, 0.717) is 12.4 Å². The van der Waals surface area contributed by atoms with Gasteiger partial charge in [0.05, 0.1) is 13.2 Å². The standard InChI is InChI=1S/C13H17F3N2O2/c1-3-20-10-7-5-4-6-9(10)12(2,11(17)19)18-8-13(14,15)16/h4-7,18H,3,8H2,1-2H3,(H2,17,19). The largest absolute Gasteiger partial charge is 0.494 e. The van der Waals surface area contributed by atoms with Crippen LogP contribution in [0.2, 0.25) is 0 Å². The Labute approximate surface area is 115 Å². The summed E-state index contributed by atoms with van der Waals surface area (Å²) >= 11 is 0. The van der Waals surface area contributed by atoms with Gasteiger partial charge in [0.1, 0.15) is 11.3 Å². The minimum absolute atomic E-state index is 0.276. The fourth-order valence-electron chi connectivity index (χ4n) is 1.75. The molecular weight excluding hydrogens is 273 g/mol. The zero-order chi connectivity index (χ0) is 15.4. The summed E-state index contributed by atoms with van der Waals surface area (Å²) in [4.78, 5) is 11.6. The van der Waals surface area contributed by atoms with Gasteiger partial charge in [-0.15, -0.1) is 0 Å². The first-order valence-electron chi connectivity index (χ1n) is 6.04. The van der Waals surface area contributed by atoms with Crippen molar-refractivity contribution in [2.24, 2.45) is 5.73 Å². The summed E-state index contributed by atoms with van der Waals surface area (Å²) in [7, 11) is 0. The van der Waals surface area contributed by atoms with Crippen molar-refractivity contribution < 1.29 is 22.7 Å². The van der Waals surface area contributed by atoms with Gasteiger partial charge in [0, 0.05) is 5.56 Å². The molecule has 1 atom stereocenters. The molecule has 3 N–H and O–H groups in total. The molecule has 4 nitrogen and oxygen atoms in total. The molecule has 1 unspecified atom stereocenters. The quantitative estimate of drug-likeness (QED) is 0.841. The molecule has 0 saturated carbocycles. The second-order valence-corrected chi connectivity index (χ2v) is 4.39. The number of halogens is 3. The first-order valence-corrected chi connectivity index (χ1v) is 6.04. The van der Waals surface area contributed by atoms with E-state index in [0.717, 1.165) is 0 Å². The van der Waals surface area contributed by atoms with Crippen LogP contribution >= 0.6 is 0 Å². The van der Waals surface area contributed by atoms with Gasteiger partial charge in [-0.25, -0.2) is 0 Å². The third-order valence-corrected chi connectivity index (χ3v) is 2.86. The van der Waals surface area contributed by atoms with Gasteiger partial charge in [-0.2, -0.15) is 13.2 Å². The average molecular weight is 290 g/mol. The van der Waals surface area contributed by atoms with Crippen molar-refractivity contribution in [3.8, 4) is 5.75 Å². The number of para-hydroxylation sites is 1. The molecule has 1 aromatic carbocycles. The zero-order valence-corrected chi connectivity index (χ0v) is 11.3. The summed E-state index contributed by atoms with van der Waals surface area (Å²) in [6.45, 7) is 2.04. The number of ether oxygens (including phenoxy) is 1. The lowest BCUT2D eigenvalue weighted by Crippen LogP contribution is -2.53. The van der Waals surface area contributed by atoms with E-state index in [4.69, 9.17) is 10.5 Å². The maximum absolute atomic E-state index is 12.4. The van der Waals surface area contributed by atoms with Gasteiger partial charge in [0.15, 0.2) is 0 Å². The maximum atomic E-state index is 12.4. The summed E-state index contributed by atoms with van der Waals surface area (Å²) < 4.78 is 42.4. The zero-order valence-electron chi connectivity index (χ0n) is 11.3. The number of hydrogen-bond acceptors (Lipinski definition) is 3. The second kappa shape index (κ2) is 6.13. The Morgan fingerprint density at radius 2 is 1.95 bits per heavy atom. The third-order valence-electron chi connectivity index (χ3n) is 2.86. The Hall–Kier alpha value is -1.76. The molecule has 0 radical (unpaired) electrons. The monoisotopic (exact) mass is 290 g/mol. The van der Waals surface area contributed by atoms with E-state index in [1.54, 1.807) is 25.1 Å². The number of carbonyl (C=O) groups is 1. The van der Waals surface area contributed by atoms with Crippen LogP contribution in [0.25, 0.3) is 0 Å². The number of nitrogens with two attached hydrogens (primary N) is 1. The molecule has 0 bridgehead atoms. The van der Waals surface area contributed by atoms with E-state index in [1.165, 1.54) is 13.0 Å². The van der Waals surface area contributed by atoms with E-state index in [-0.39, 0.29) is 5.56 Å². The highest BCUT2D eigenvalue weighted by molar-refractivity contribution is 5.86. The van der Waals surface area contributed by atoms with Crippen molar-refractivity contribution in [2.75, 3.05) is 13.2 Å². The van der Waals surface area contributed by atoms with Crippen LogP contribution in [0.5, 0.6) is 5.75 Å². The molecule has 0 heterocycles.